The molecule has 1 atom stereocenters. The highest BCUT2D eigenvalue weighted by atomic mass is 32.2. The smallest absolute Gasteiger partial charge is 0.307 e. The van der Waals surface area contributed by atoms with Crippen LogP contribution in [0.15, 0.2) is 77.7 Å². The highest BCUT2D eigenvalue weighted by Gasteiger charge is 2.23. The fraction of sp³-hybridized carbons (Fsp3) is 0.200. The van der Waals surface area contributed by atoms with Crippen LogP contribution in [0.4, 0.5) is 5.69 Å². The van der Waals surface area contributed by atoms with Crippen molar-refractivity contribution in [2.24, 2.45) is 0 Å². The fourth-order valence-corrected chi connectivity index (χ4v) is 4.43. The summed E-state index contributed by atoms with van der Waals surface area (Å²) in [5.74, 6) is -0.961. The van der Waals surface area contributed by atoms with Gasteiger partial charge >= 0.3 is 5.97 Å². The van der Waals surface area contributed by atoms with Gasteiger partial charge in [-0.1, -0.05) is 48.5 Å². The predicted molar refractivity (Wildman–Crippen MR) is 126 cm³/mol. The fourth-order valence-electron chi connectivity index (χ4n) is 3.36. The topological polar surface area (TPSA) is 102 Å². The van der Waals surface area contributed by atoms with Crippen molar-refractivity contribution < 1.29 is 22.7 Å². The molecule has 172 valence electrons. The summed E-state index contributed by atoms with van der Waals surface area (Å²) in [5, 5.41) is 2.84. The molecule has 3 aromatic rings. The molecule has 1 amide bonds. The van der Waals surface area contributed by atoms with E-state index in [2.05, 4.69) is 10.0 Å². The number of ether oxygens (including phenoxy) is 1. The van der Waals surface area contributed by atoms with Gasteiger partial charge in [-0.2, -0.15) is 0 Å². The van der Waals surface area contributed by atoms with Crippen molar-refractivity contribution in [1.29, 1.82) is 0 Å². The Morgan fingerprint density at radius 1 is 0.939 bits per heavy atom. The lowest BCUT2D eigenvalue weighted by atomic mass is 10.0. The van der Waals surface area contributed by atoms with Gasteiger partial charge in [0.15, 0.2) is 0 Å². The summed E-state index contributed by atoms with van der Waals surface area (Å²) >= 11 is 0. The third-order valence-electron chi connectivity index (χ3n) is 5.14. The van der Waals surface area contributed by atoms with Crippen LogP contribution in [0.3, 0.4) is 0 Å². The van der Waals surface area contributed by atoms with E-state index < -0.39 is 27.9 Å². The number of sulfonamides is 1. The lowest BCUT2D eigenvalue weighted by molar-refractivity contribution is -0.141. The zero-order valence-electron chi connectivity index (χ0n) is 18.7. The summed E-state index contributed by atoms with van der Waals surface area (Å²) in [7, 11) is -2.63. The average Bonchev–Trinajstić information content (AvgIpc) is 2.78. The van der Waals surface area contributed by atoms with E-state index in [1.54, 1.807) is 55.5 Å². The van der Waals surface area contributed by atoms with Crippen LogP contribution in [0.5, 0.6) is 0 Å². The zero-order valence-corrected chi connectivity index (χ0v) is 19.5. The minimum Gasteiger partial charge on any atom is -0.469 e. The molecule has 0 heterocycles. The number of esters is 1. The van der Waals surface area contributed by atoms with E-state index >= 15 is 0 Å². The summed E-state index contributed by atoms with van der Waals surface area (Å²) in [6.07, 6.45) is -0.0573. The summed E-state index contributed by atoms with van der Waals surface area (Å²) in [4.78, 5) is 25.0. The summed E-state index contributed by atoms with van der Waals surface area (Å²) in [6, 6.07) is 19.8. The molecular formula is C25H26N2O5S. The van der Waals surface area contributed by atoms with Gasteiger partial charge in [-0.05, 0) is 54.8 Å². The summed E-state index contributed by atoms with van der Waals surface area (Å²) < 4.78 is 33.2. The van der Waals surface area contributed by atoms with Gasteiger partial charge in [0, 0.05) is 11.3 Å². The van der Waals surface area contributed by atoms with Gasteiger partial charge in [-0.3, -0.25) is 14.3 Å². The highest BCUT2D eigenvalue weighted by Crippen LogP contribution is 2.22. The van der Waals surface area contributed by atoms with E-state index in [-0.39, 0.29) is 16.9 Å². The van der Waals surface area contributed by atoms with Crippen LogP contribution in [-0.2, 0) is 19.6 Å². The number of rotatable bonds is 8. The molecule has 0 aliphatic carbocycles. The number of aryl methyl sites for hydroxylation is 2. The molecule has 0 fully saturated rings. The van der Waals surface area contributed by atoms with Crippen molar-refractivity contribution in [1.82, 2.24) is 5.32 Å². The molecule has 1 unspecified atom stereocenters. The first-order valence-electron chi connectivity index (χ1n) is 10.3. The number of nitrogens with one attached hydrogen (secondary N) is 2. The number of amides is 1. The highest BCUT2D eigenvalue weighted by molar-refractivity contribution is 7.92. The van der Waals surface area contributed by atoms with Gasteiger partial charge in [-0.15, -0.1) is 0 Å². The normalized spacial score (nSPS) is 12.0. The Kier molecular flexibility index (Phi) is 7.50. The molecule has 3 rings (SSSR count). The van der Waals surface area contributed by atoms with E-state index in [4.69, 9.17) is 4.74 Å². The van der Waals surface area contributed by atoms with Crippen LogP contribution in [0, 0.1) is 13.8 Å². The zero-order chi connectivity index (χ0) is 24.0. The second kappa shape index (κ2) is 10.3. The second-order valence-electron chi connectivity index (χ2n) is 7.67. The van der Waals surface area contributed by atoms with Crippen molar-refractivity contribution in [2.45, 2.75) is 31.2 Å². The molecular weight excluding hydrogens is 440 g/mol. The van der Waals surface area contributed by atoms with Crippen molar-refractivity contribution >= 4 is 27.6 Å². The Morgan fingerprint density at radius 3 is 2.33 bits per heavy atom. The van der Waals surface area contributed by atoms with E-state index in [1.165, 1.54) is 19.2 Å². The summed E-state index contributed by atoms with van der Waals surface area (Å²) in [5.41, 5.74) is 2.89. The number of benzene rings is 3. The van der Waals surface area contributed by atoms with Crippen molar-refractivity contribution in [2.75, 3.05) is 11.8 Å². The van der Waals surface area contributed by atoms with Crippen LogP contribution < -0.4 is 10.0 Å². The predicted octanol–water partition coefficient (Wildman–Crippen LogP) is 4.14. The monoisotopic (exact) mass is 466 g/mol. The number of hydrogen-bond donors (Lipinski definition) is 2. The molecule has 0 aromatic heterocycles. The van der Waals surface area contributed by atoms with Gasteiger partial charge < -0.3 is 10.1 Å². The van der Waals surface area contributed by atoms with Crippen LogP contribution in [0.25, 0.3) is 0 Å². The van der Waals surface area contributed by atoms with Gasteiger partial charge in [0.1, 0.15) is 0 Å². The maximum Gasteiger partial charge on any atom is 0.307 e. The molecule has 0 aliphatic heterocycles. The lowest BCUT2D eigenvalue weighted by Crippen LogP contribution is -2.31. The van der Waals surface area contributed by atoms with Gasteiger partial charge in [0.05, 0.1) is 24.5 Å². The SMILES string of the molecule is COC(=O)CC(NC(=O)c1cc(S(=O)(=O)Nc2cccc(C)c2)ccc1C)c1ccccc1. The van der Waals surface area contributed by atoms with Gasteiger partial charge in [-0.25, -0.2) is 8.42 Å². The number of methoxy groups -OCH3 is 1. The number of anilines is 1. The summed E-state index contributed by atoms with van der Waals surface area (Å²) in [6.45, 7) is 3.58. The Balaban J connectivity index is 1.88. The van der Waals surface area contributed by atoms with Gasteiger partial charge in [0.2, 0.25) is 0 Å². The number of hydrogen-bond acceptors (Lipinski definition) is 5. The molecule has 0 spiro atoms. The third kappa shape index (κ3) is 6.20. The molecule has 8 heteroatoms. The van der Waals surface area contributed by atoms with E-state index in [0.29, 0.717) is 11.3 Å². The molecule has 3 aromatic carbocycles. The largest absolute Gasteiger partial charge is 0.469 e. The van der Waals surface area contributed by atoms with E-state index in [0.717, 1.165) is 11.1 Å². The third-order valence-corrected chi connectivity index (χ3v) is 6.52. The van der Waals surface area contributed by atoms with Gasteiger partial charge in [0.25, 0.3) is 15.9 Å². The first-order chi connectivity index (χ1) is 15.7. The first-order valence-corrected chi connectivity index (χ1v) is 11.8. The lowest BCUT2D eigenvalue weighted by Gasteiger charge is -2.19. The second-order valence-corrected chi connectivity index (χ2v) is 9.35. The minimum atomic E-state index is -3.91. The Morgan fingerprint density at radius 2 is 1.67 bits per heavy atom. The molecule has 0 radical (unpaired) electrons. The number of carbonyl (C=O) groups excluding carboxylic acids is 2. The van der Waals surface area contributed by atoms with Crippen LogP contribution in [-0.4, -0.2) is 27.4 Å². The molecule has 0 saturated heterocycles. The average molecular weight is 467 g/mol. The van der Waals surface area contributed by atoms with Crippen molar-refractivity contribution in [3.8, 4) is 0 Å². The molecule has 2 N–H and O–H groups in total. The maximum absolute atomic E-state index is 13.1. The molecule has 33 heavy (non-hydrogen) atoms. The van der Waals surface area contributed by atoms with Crippen molar-refractivity contribution in [3.05, 3.63) is 95.1 Å². The molecule has 0 aliphatic rings. The molecule has 0 saturated carbocycles. The first kappa shape index (κ1) is 24.0. The Hall–Kier alpha value is -3.65. The quantitative estimate of drug-likeness (QED) is 0.486. The number of carbonyl (C=O) groups is 2. The molecule has 0 bridgehead atoms. The van der Waals surface area contributed by atoms with Crippen molar-refractivity contribution in [3.63, 3.8) is 0 Å². The Labute approximate surface area is 193 Å². The van der Waals surface area contributed by atoms with Crippen LogP contribution >= 0.6 is 0 Å². The standard InChI is InChI=1S/C25H26N2O5S/c1-17-8-7-11-20(14-17)27-33(30,31)21-13-12-18(2)22(15-21)25(29)26-23(16-24(28)32-3)19-9-5-4-6-10-19/h4-15,23,27H,16H2,1-3H3,(H,26,29). The van der Waals surface area contributed by atoms with Crippen LogP contribution in [0.2, 0.25) is 0 Å². The minimum absolute atomic E-state index is 0.0380. The van der Waals surface area contributed by atoms with E-state index in [9.17, 15) is 18.0 Å². The van der Waals surface area contributed by atoms with Crippen LogP contribution in [0.1, 0.15) is 39.5 Å². The van der Waals surface area contributed by atoms with E-state index in [1.807, 2.05) is 19.1 Å². The Bertz CT molecular complexity index is 1260. The molecule has 7 nitrogen and oxygen atoms in total. The maximum atomic E-state index is 13.1.